The number of likely N-dealkylation sites (tertiary alicyclic amines) is 1. The number of nitrogens with two attached hydrogens (primary N) is 1. The van der Waals surface area contributed by atoms with E-state index in [0.717, 1.165) is 0 Å². The van der Waals surface area contributed by atoms with Crippen molar-refractivity contribution in [1.29, 1.82) is 0 Å². The van der Waals surface area contributed by atoms with Crippen LogP contribution < -0.4 is 16.4 Å². The number of nitrogens with zero attached hydrogens (tertiary/aromatic N) is 1. The monoisotopic (exact) mass is 452 g/mol. The number of hydrogen-bond donors (Lipinski definition) is 3. The summed E-state index contributed by atoms with van der Waals surface area (Å²) in [6, 6.07) is 13.6. The lowest BCUT2D eigenvalue weighted by atomic mass is 9.76. The van der Waals surface area contributed by atoms with Gasteiger partial charge >= 0.3 is 0 Å². The van der Waals surface area contributed by atoms with Gasteiger partial charge in [-0.15, -0.1) is 0 Å². The Hall–Kier alpha value is -3.23. The average Bonchev–Trinajstić information content (AvgIpc) is 3.34. The van der Waals surface area contributed by atoms with Crippen LogP contribution in [0.25, 0.3) is 0 Å². The van der Waals surface area contributed by atoms with Gasteiger partial charge < -0.3 is 11.1 Å². The molecule has 3 heterocycles. The second kappa shape index (κ2) is 7.43. The molecule has 164 valence electrons. The first-order valence-electron chi connectivity index (χ1n) is 10.4. The van der Waals surface area contributed by atoms with Crippen LogP contribution in [0.15, 0.2) is 48.5 Å². The highest BCUT2D eigenvalue weighted by Crippen LogP contribution is 2.53. The molecule has 0 radical (unpaired) electrons. The van der Waals surface area contributed by atoms with E-state index in [0.29, 0.717) is 21.8 Å². The zero-order valence-corrected chi connectivity index (χ0v) is 17.8. The molecule has 0 bridgehead atoms. The van der Waals surface area contributed by atoms with E-state index in [4.69, 9.17) is 17.3 Å². The minimum atomic E-state index is -1.38. The van der Waals surface area contributed by atoms with Gasteiger partial charge in [0.25, 0.3) is 0 Å². The SMILES string of the molecule is NC(=O)CCC1NC2(C(=O)Nc3ccccc32)[C@@H]2C(=O)N(Cc3ccccc3Cl)C(=O)[C@H]12. The van der Waals surface area contributed by atoms with Crippen molar-refractivity contribution in [1.82, 2.24) is 10.2 Å². The van der Waals surface area contributed by atoms with E-state index in [2.05, 4.69) is 10.6 Å². The Bertz CT molecular complexity index is 1170. The molecule has 4 atom stereocenters. The lowest BCUT2D eigenvalue weighted by Crippen LogP contribution is -2.53. The number of para-hydroxylation sites is 1. The van der Waals surface area contributed by atoms with Crippen LogP contribution in [0.5, 0.6) is 0 Å². The summed E-state index contributed by atoms with van der Waals surface area (Å²) in [4.78, 5) is 53.1. The number of amides is 4. The van der Waals surface area contributed by atoms with Gasteiger partial charge in [-0.1, -0.05) is 48.0 Å². The highest BCUT2D eigenvalue weighted by atomic mass is 35.5. The molecular weight excluding hydrogens is 432 g/mol. The zero-order chi connectivity index (χ0) is 22.6. The van der Waals surface area contributed by atoms with Crippen LogP contribution in [-0.2, 0) is 31.3 Å². The zero-order valence-electron chi connectivity index (χ0n) is 17.0. The van der Waals surface area contributed by atoms with Gasteiger partial charge in [-0.2, -0.15) is 0 Å². The number of hydrogen-bond acceptors (Lipinski definition) is 5. The van der Waals surface area contributed by atoms with Crippen LogP contribution in [-0.4, -0.2) is 34.6 Å². The molecule has 0 saturated carbocycles. The first-order valence-corrected chi connectivity index (χ1v) is 10.8. The first-order chi connectivity index (χ1) is 15.3. The molecule has 3 aliphatic heterocycles. The first kappa shape index (κ1) is 20.7. The minimum absolute atomic E-state index is 0.0201. The molecule has 2 fully saturated rings. The maximum Gasteiger partial charge on any atom is 0.250 e. The Morgan fingerprint density at radius 1 is 1.06 bits per heavy atom. The van der Waals surface area contributed by atoms with Gasteiger partial charge in [0.15, 0.2) is 0 Å². The molecule has 32 heavy (non-hydrogen) atoms. The highest BCUT2D eigenvalue weighted by Gasteiger charge is 2.70. The summed E-state index contributed by atoms with van der Waals surface area (Å²) in [5.41, 5.74) is 5.83. The molecule has 0 aromatic heterocycles. The number of fused-ring (bicyclic) bond motifs is 4. The van der Waals surface area contributed by atoms with E-state index in [1.54, 1.807) is 48.5 Å². The molecule has 3 aliphatic rings. The number of halogens is 1. The fourth-order valence-corrected chi connectivity index (χ4v) is 5.51. The van der Waals surface area contributed by atoms with E-state index in [-0.39, 0.29) is 31.2 Å². The molecule has 8 nitrogen and oxygen atoms in total. The Morgan fingerprint density at radius 3 is 2.53 bits per heavy atom. The second-order valence-corrected chi connectivity index (χ2v) is 8.83. The highest BCUT2D eigenvalue weighted by molar-refractivity contribution is 6.31. The summed E-state index contributed by atoms with van der Waals surface area (Å²) in [7, 11) is 0. The smallest absolute Gasteiger partial charge is 0.250 e. The predicted octanol–water partition coefficient (Wildman–Crippen LogP) is 1.53. The van der Waals surface area contributed by atoms with Crippen molar-refractivity contribution in [3.63, 3.8) is 0 Å². The molecule has 0 aliphatic carbocycles. The van der Waals surface area contributed by atoms with Gasteiger partial charge in [0.1, 0.15) is 5.54 Å². The number of anilines is 1. The fraction of sp³-hybridized carbons (Fsp3) is 0.304. The summed E-state index contributed by atoms with van der Waals surface area (Å²) in [5.74, 6) is -3.42. The van der Waals surface area contributed by atoms with Gasteiger partial charge in [-0.05, 0) is 24.1 Å². The summed E-state index contributed by atoms with van der Waals surface area (Å²) in [6.45, 7) is 0.0201. The molecule has 9 heteroatoms. The van der Waals surface area contributed by atoms with E-state index >= 15 is 0 Å². The third-order valence-corrected chi connectivity index (χ3v) is 7.07. The van der Waals surface area contributed by atoms with Crippen LogP contribution >= 0.6 is 11.6 Å². The third kappa shape index (κ3) is 2.87. The second-order valence-electron chi connectivity index (χ2n) is 8.42. The molecule has 2 aromatic carbocycles. The van der Waals surface area contributed by atoms with Gasteiger partial charge in [-0.3, -0.25) is 29.4 Å². The fourth-order valence-electron chi connectivity index (χ4n) is 5.32. The standard InChI is InChI=1S/C23H21ClN4O4/c24-14-7-3-1-5-12(14)11-28-20(30)18-16(9-10-17(25)29)27-23(19(18)21(28)31)13-6-2-4-8-15(13)26-22(23)32/h1-8,16,18-19,27H,9-11H2,(H2,25,29)(H,26,32)/t16?,18-,19+,23?/m1/s1. The number of benzene rings is 2. The summed E-state index contributed by atoms with van der Waals surface area (Å²) in [5, 5.41) is 6.56. The molecule has 2 unspecified atom stereocenters. The van der Waals surface area contributed by atoms with Gasteiger partial charge in [-0.25, -0.2) is 0 Å². The lowest BCUT2D eigenvalue weighted by Gasteiger charge is -2.29. The molecule has 2 aromatic rings. The third-order valence-electron chi connectivity index (χ3n) is 6.70. The normalized spacial score (nSPS) is 28.2. The molecule has 5 rings (SSSR count). The Labute approximate surface area is 189 Å². The van der Waals surface area contributed by atoms with E-state index in [1.807, 2.05) is 0 Å². The van der Waals surface area contributed by atoms with Crippen molar-refractivity contribution < 1.29 is 19.2 Å². The van der Waals surface area contributed by atoms with Crippen molar-refractivity contribution in [2.24, 2.45) is 17.6 Å². The van der Waals surface area contributed by atoms with Gasteiger partial charge in [0, 0.05) is 28.7 Å². The van der Waals surface area contributed by atoms with E-state index < -0.39 is 35.2 Å². The van der Waals surface area contributed by atoms with Crippen molar-refractivity contribution in [2.75, 3.05) is 5.32 Å². The molecule has 2 saturated heterocycles. The summed E-state index contributed by atoms with van der Waals surface area (Å²) in [6.07, 6.45) is 0.277. The van der Waals surface area contributed by atoms with Crippen LogP contribution in [0, 0.1) is 11.8 Å². The van der Waals surface area contributed by atoms with Crippen molar-refractivity contribution in [3.8, 4) is 0 Å². The van der Waals surface area contributed by atoms with Crippen LogP contribution in [0.1, 0.15) is 24.0 Å². The minimum Gasteiger partial charge on any atom is -0.370 e. The van der Waals surface area contributed by atoms with Crippen molar-refractivity contribution in [3.05, 3.63) is 64.7 Å². The number of carbonyl (C=O) groups excluding carboxylic acids is 4. The molecule has 1 spiro atoms. The number of imide groups is 1. The number of rotatable bonds is 5. The van der Waals surface area contributed by atoms with E-state index in [9.17, 15) is 19.2 Å². The largest absolute Gasteiger partial charge is 0.370 e. The maximum atomic E-state index is 13.7. The number of nitrogens with one attached hydrogen (secondary N) is 2. The van der Waals surface area contributed by atoms with Crippen LogP contribution in [0.4, 0.5) is 5.69 Å². The predicted molar refractivity (Wildman–Crippen MR) is 116 cm³/mol. The molecule has 4 N–H and O–H groups in total. The Kier molecular flexibility index (Phi) is 4.79. The topological polar surface area (TPSA) is 122 Å². The molecular formula is C23H21ClN4O4. The van der Waals surface area contributed by atoms with E-state index in [1.165, 1.54) is 4.90 Å². The van der Waals surface area contributed by atoms with Crippen molar-refractivity contribution >= 4 is 40.9 Å². The Morgan fingerprint density at radius 2 is 1.78 bits per heavy atom. The summed E-state index contributed by atoms with van der Waals surface area (Å²) >= 11 is 6.27. The molecule has 4 amide bonds. The number of primary amides is 1. The lowest BCUT2D eigenvalue weighted by molar-refractivity contribution is -0.143. The average molecular weight is 453 g/mol. The quantitative estimate of drug-likeness (QED) is 0.594. The maximum absolute atomic E-state index is 13.7. The van der Waals surface area contributed by atoms with Crippen LogP contribution in [0.2, 0.25) is 5.02 Å². The van der Waals surface area contributed by atoms with Gasteiger partial charge in [0.2, 0.25) is 23.6 Å². The van der Waals surface area contributed by atoms with Gasteiger partial charge in [0.05, 0.1) is 18.4 Å². The van der Waals surface area contributed by atoms with Crippen LogP contribution in [0.3, 0.4) is 0 Å². The summed E-state index contributed by atoms with van der Waals surface area (Å²) < 4.78 is 0. The number of carbonyl (C=O) groups is 4. The van der Waals surface area contributed by atoms with Crippen molar-refractivity contribution in [2.45, 2.75) is 31.0 Å². The Balaban J connectivity index is 1.58.